The summed E-state index contributed by atoms with van der Waals surface area (Å²) in [6, 6.07) is 10.2. The molecule has 3 heterocycles. The summed E-state index contributed by atoms with van der Waals surface area (Å²) in [4.78, 5) is 27.8. The number of amides is 1. The first-order valence-electron chi connectivity index (χ1n) is 8.95. The van der Waals surface area contributed by atoms with Gasteiger partial charge in [0.15, 0.2) is 5.82 Å². The summed E-state index contributed by atoms with van der Waals surface area (Å²) in [5.41, 5.74) is 2.04. The molecule has 3 aromatic rings. The van der Waals surface area contributed by atoms with Crippen molar-refractivity contribution >= 4 is 5.91 Å². The number of benzene rings is 1. The van der Waals surface area contributed by atoms with Crippen molar-refractivity contribution in [2.24, 2.45) is 0 Å². The molecule has 1 aliphatic rings. The van der Waals surface area contributed by atoms with Crippen LogP contribution in [0.3, 0.4) is 0 Å². The van der Waals surface area contributed by atoms with Crippen molar-refractivity contribution < 1.29 is 4.79 Å². The minimum atomic E-state index is 0.00856. The van der Waals surface area contributed by atoms with Gasteiger partial charge in [0.25, 0.3) is 0 Å². The topological polar surface area (TPSA) is 63.9 Å². The molecule has 1 aromatic carbocycles. The molecule has 0 bridgehead atoms. The first-order chi connectivity index (χ1) is 12.8. The van der Waals surface area contributed by atoms with E-state index >= 15 is 0 Å². The van der Waals surface area contributed by atoms with E-state index in [1.165, 1.54) is 5.56 Å². The van der Waals surface area contributed by atoms with Gasteiger partial charge in [0.05, 0.1) is 24.1 Å². The monoisotopic (exact) mass is 347 g/mol. The van der Waals surface area contributed by atoms with Gasteiger partial charge in [0.2, 0.25) is 5.91 Å². The minimum Gasteiger partial charge on any atom is -0.334 e. The maximum atomic E-state index is 12.8. The van der Waals surface area contributed by atoms with Gasteiger partial charge >= 0.3 is 0 Å². The molecule has 26 heavy (non-hydrogen) atoms. The van der Waals surface area contributed by atoms with Crippen molar-refractivity contribution in [1.82, 2.24) is 24.4 Å². The molecule has 0 aliphatic carbocycles. The van der Waals surface area contributed by atoms with Gasteiger partial charge in [-0.3, -0.25) is 14.3 Å². The molecule has 6 nitrogen and oxygen atoms in total. The minimum absolute atomic E-state index is 0.00856. The van der Waals surface area contributed by atoms with E-state index in [0.717, 1.165) is 37.3 Å². The fourth-order valence-corrected chi connectivity index (χ4v) is 3.46. The molecular formula is C20H21N5O. The lowest BCUT2D eigenvalue weighted by Crippen LogP contribution is -2.31. The van der Waals surface area contributed by atoms with Crippen LogP contribution in [0, 0.1) is 0 Å². The van der Waals surface area contributed by atoms with E-state index in [0.29, 0.717) is 6.42 Å². The average Bonchev–Trinajstić information content (AvgIpc) is 3.39. The predicted molar refractivity (Wildman–Crippen MR) is 97.6 cm³/mol. The molecule has 1 unspecified atom stereocenters. The zero-order chi connectivity index (χ0) is 17.8. The number of nitrogens with zero attached hydrogens (tertiary/aromatic N) is 5. The second-order valence-electron chi connectivity index (χ2n) is 6.50. The van der Waals surface area contributed by atoms with Gasteiger partial charge in [0, 0.05) is 25.4 Å². The second-order valence-corrected chi connectivity index (χ2v) is 6.50. The van der Waals surface area contributed by atoms with Crippen LogP contribution in [0.4, 0.5) is 0 Å². The number of rotatable bonds is 5. The van der Waals surface area contributed by atoms with Crippen molar-refractivity contribution in [3.63, 3.8) is 0 Å². The molecule has 0 radical (unpaired) electrons. The summed E-state index contributed by atoms with van der Waals surface area (Å²) >= 11 is 0. The molecule has 132 valence electrons. The fraction of sp³-hybridized carbons (Fsp3) is 0.300. The van der Waals surface area contributed by atoms with E-state index < -0.39 is 0 Å². The van der Waals surface area contributed by atoms with E-state index in [4.69, 9.17) is 4.98 Å². The predicted octanol–water partition coefficient (Wildman–Crippen LogP) is 2.96. The van der Waals surface area contributed by atoms with Crippen LogP contribution in [0.5, 0.6) is 0 Å². The molecule has 0 saturated carbocycles. The standard InChI is InChI=1S/C20H21N5O/c26-20(9-8-16-5-2-1-3-6-16)25-11-4-7-18(25)17-13-22-14-19(23-17)24-12-10-21-15-24/h1-3,5-6,10,12-15,18H,4,7-9,11H2. The lowest BCUT2D eigenvalue weighted by Gasteiger charge is -2.24. The first-order valence-corrected chi connectivity index (χ1v) is 8.95. The van der Waals surface area contributed by atoms with E-state index in [1.807, 2.05) is 33.9 Å². The molecule has 1 amide bonds. The van der Waals surface area contributed by atoms with Crippen molar-refractivity contribution in [2.75, 3.05) is 6.54 Å². The average molecular weight is 347 g/mol. The van der Waals surface area contributed by atoms with Crippen LogP contribution in [0.15, 0.2) is 61.4 Å². The molecule has 1 saturated heterocycles. The molecule has 6 heteroatoms. The van der Waals surface area contributed by atoms with Crippen LogP contribution in [0.1, 0.15) is 36.6 Å². The van der Waals surface area contributed by atoms with Crippen LogP contribution < -0.4 is 0 Å². The zero-order valence-corrected chi connectivity index (χ0v) is 14.5. The van der Waals surface area contributed by atoms with Crippen molar-refractivity contribution in [2.45, 2.75) is 31.7 Å². The van der Waals surface area contributed by atoms with Crippen LogP contribution in [0.2, 0.25) is 0 Å². The summed E-state index contributed by atoms with van der Waals surface area (Å²) < 4.78 is 1.83. The lowest BCUT2D eigenvalue weighted by molar-refractivity contribution is -0.132. The Morgan fingerprint density at radius 1 is 1.15 bits per heavy atom. The Balaban J connectivity index is 1.48. The summed E-state index contributed by atoms with van der Waals surface area (Å²) in [5.74, 6) is 0.912. The van der Waals surface area contributed by atoms with E-state index in [1.54, 1.807) is 24.9 Å². The highest BCUT2D eigenvalue weighted by Crippen LogP contribution is 2.31. The number of carbonyl (C=O) groups is 1. The lowest BCUT2D eigenvalue weighted by atomic mass is 10.1. The number of carbonyl (C=O) groups excluding carboxylic acids is 1. The maximum absolute atomic E-state index is 12.8. The quantitative estimate of drug-likeness (QED) is 0.712. The number of hydrogen-bond acceptors (Lipinski definition) is 4. The van der Waals surface area contributed by atoms with Gasteiger partial charge in [-0.05, 0) is 24.8 Å². The van der Waals surface area contributed by atoms with Gasteiger partial charge in [-0.1, -0.05) is 30.3 Å². The highest BCUT2D eigenvalue weighted by Gasteiger charge is 2.31. The summed E-state index contributed by atoms with van der Waals surface area (Å²) in [6.45, 7) is 0.787. The Morgan fingerprint density at radius 3 is 2.85 bits per heavy atom. The van der Waals surface area contributed by atoms with Crippen molar-refractivity contribution in [3.8, 4) is 5.82 Å². The molecule has 1 fully saturated rings. The summed E-state index contributed by atoms with van der Waals surface area (Å²) in [6.07, 6.45) is 12.0. The van der Waals surface area contributed by atoms with Crippen LogP contribution in [0.25, 0.3) is 5.82 Å². The van der Waals surface area contributed by atoms with Gasteiger partial charge in [0.1, 0.15) is 6.33 Å². The maximum Gasteiger partial charge on any atom is 0.223 e. The van der Waals surface area contributed by atoms with Crippen LogP contribution in [-0.4, -0.2) is 36.9 Å². The normalized spacial score (nSPS) is 16.8. The Kier molecular flexibility index (Phi) is 4.73. The van der Waals surface area contributed by atoms with Crippen LogP contribution in [-0.2, 0) is 11.2 Å². The summed E-state index contributed by atoms with van der Waals surface area (Å²) in [5, 5.41) is 0. The van der Waals surface area contributed by atoms with Gasteiger partial charge in [-0.15, -0.1) is 0 Å². The van der Waals surface area contributed by atoms with Crippen LogP contribution >= 0.6 is 0 Å². The van der Waals surface area contributed by atoms with E-state index in [2.05, 4.69) is 22.1 Å². The number of aromatic nitrogens is 4. The van der Waals surface area contributed by atoms with Gasteiger partial charge in [-0.2, -0.15) is 0 Å². The highest BCUT2D eigenvalue weighted by atomic mass is 16.2. The highest BCUT2D eigenvalue weighted by molar-refractivity contribution is 5.77. The number of hydrogen-bond donors (Lipinski definition) is 0. The fourth-order valence-electron chi connectivity index (χ4n) is 3.46. The van der Waals surface area contributed by atoms with Gasteiger partial charge < -0.3 is 4.90 Å². The molecule has 2 aromatic heterocycles. The first kappa shape index (κ1) is 16.4. The van der Waals surface area contributed by atoms with E-state index in [-0.39, 0.29) is 11.9 Å². The summed E-state index contributed by atoms with van der Waals surface area (Å²) in [7, 11) is 0. The molecular weight excluding hydrogens is 326 g/mol. The largest absolute Gasteiger partial charge is 0.334 e. The van der Waals surface area contributed by atoms with Crippen molar-refractivity contribution in [3.05, 3.63) is 72.7 Å². The molecule has 0 N–H and O–H groups in total. The number of imidazole rings is 1. The molecule has 4 rings (SSSR count). The van der Waals surface area contributed by atoms with Crippen molar-refractivity contribution in [1.29, 1.82) is 0 Å². The number of aryl methyl sites for hydroxylation is 1. The van der Waals surface area contributed by atoms with Gasteiger partial charge in [-0.25, -0.2) is 9.97 Å². The van der Waals surface area contributed by atoms with E-state index in [9.17, 15) is 4.79 Å². The zero-order valence-electron chi connectivity index (χ0n) is 14.5. The third-order valence-electron chi connectivity index (χ3n) is 4.79. The Bertz CT molecular complexity index is 863. The molecule has 1 aliphatic heterocycles. The third-order valence-corrected chi connectivity index (χ3v) is 4.79. The smallest absolute Gasteiger partial charge is 0.223 e. The second kappa shape index (κ2) is 7.47. The third kappa shape index (κ3) is 3.49. The Hall–Kier alpha value is -3.02. The Labute approximate surface area is 152 Å². The number of likely N-dealkylation sites (tertiary alicyclic amines) is 1. The Morgan fingerprint density at radius 2 is 2.04 bits per heavy atom. The SMILES string of the molecule is O=C(CCc1ccccc1)N1CCCC1c1cncc(-n2ccnc2)n1. The molecule has 1 atom stereocenters. The molecule has 0 spiro atoms.